The van der Waals surface area contributed by atoms with Crippen LogP contribution in [0.4, 0.5) is 0 Å². The van der Waals surface area contributed by atoms with E-state index < -0.39 is 0 Å². The highest BCUT2D eigenvalue weighted by molar-refractivity contribution is 7.93. The predicted molar refractivity (Wildman–Crippen MR) is 93.0 cm³/mol. The largest absolute Gasteiger partial charge is 0.479 e. The number of nitrogens with zero attached hydrogens (tertiary/aromatic N) is 3. The summed E-state index contributed by atoms with van der Waals surface area (Å²) in [5, 5.41) is 9.88. The third-order valence-corrected chi connectivity index (χ3v) is 3.71. The minimum atomic E-state index is 0.304. The summed E-state index contributed by atoms with van der Waals surface area (Å²) in [4.78, 5) is 4.50. The first-order chi connectivity index (χ1) is 11.8. The van der Waals surface area contributed by atoms with E-state index in [1.165, 1.54) is 12.0 Å². The van der Waals surface area contributed by atoms with Crippen molar-refractivity contribution in [1.29, 1.82) is 0 Å². The first kappa shape index (κ1) is 16.5. The van der Waals surface area contributed by atoms with Gasteiger partial charge in [0.25, 0.3) is 0 Å². The maximum Gasteiger partial charge on any atom is 0.242 e. The summed E-state index contributed by atoms with van der Waals surface area (Å²) >= 11 is 1.32. The molecule has 0 aliphatic carbocycles. The van der Waals surface area contributed by atoms with Gasteiger partial charge in [-0.05, 0) is 36.3 Å². The Kier molecular flexibility index (Phi) is 5.45. The van der Waals surface area contributed by atoms with Crippen LogP contribution >= 0.6 is 12.0 Å². The lowest BCUT2D eigenvalue weighted by atomic mass is 10.2. The van der Waals surface area contributed by atoms with Gasteiger partial charge in [-0.1, -0.05) is 18.2 Å². The minimum absolute atomic E-state index is 0.304. The van der Waals surface area contributed by atoms with Gasteiger partial charge in [0.2, 0.25) is 11.8 Å². The summed E-state index contributed by atoms with van der Waals surface area (Å²) in [6.07, 6.45) is 1.88. The van der Waals surface area contributed by atoms with Crippen molar-refractivity contribution in [2.45, 2.75) is 13.2 Å². The van der Waals surface area contributed by atoms with Crippen molar-refractivity contribution in [3.05, 3.63) is 53.9 Å². The number of rotatable bonds is 7. The Balaban J connectivity index is 1.79. The van der Waals surface area contributed by atoms with E-state index in [1.54, 1.807) is 7.11 Å². The smallest absolute Gasteiger partial charge is 0.242 e. The number of pyridine rings is 1. The number of hydrogen-bond acceptors (Lipinski definition) is 7. The van der Waals surface area contributed by atoms with E-state index in [9.17, 15) is 0 Å². The Morgan fingerprint density at radius 2 is 1.54 bits per heavy atom. The number of hydrogen-bond donors (Lipinski definition) is 0. The molecule has 3 aromatic rings. The molecule has 7 heteroatoms. The molecule has 0 atom stereocenters. The maximum absolute atomic E-state index is 5.83. The predicted octanol–water partition coefficient (Wildman–Crippen LogP) is 3.41. The fraction of sp³-hybridized carbons (Fsp3) is 0.235. The fourth-order valence-corrected chi connectivity index (χ4v) is 2.50. The van der Waals surface area contributed by atoms with Crippen molar-refractivity contribution in [2.75, 3.05) is 13.4 Å². The molecule has 0 saturated carbocycles. The molecule has 0 fully saturated rings. The highest BCUT2D eigenvalue weighted by Gasteiger charge is 2.10. The molecule has 0 spiro atoms. The monoisotopic (exact) mass is 343 g/mol. The van der Waals surface area contributed by atoms with Crippen molar-refractivity contribution in [1.82, 2.24) is 15.2 Å². The van der Waals surface area contributed by atoms with Crippen LogP contribution in [-0.4, -0.2) is 28.5 Å². The van der Waals surface area contributed by atoms with Gasteiger partial charge in [-0.15, -0.1) is 10.2 Å². The van der Waals surface area contributed by atoms with Gasteiger partial charge in [0.05, 0.1) is 29.3 Å². The molecule has 1 aromatic carbocycles. The number of ether oxygens (including phenoxy) is 2. The van der Waals surface area contributed by atoms with E-state index in [0.717, 1.165) is 22.2 Å². The van der Waals surface area contributed by atoms with E-state index in [-0.39, 0.29) is 0 Å². The van der Waals surface area contributed by atoms with Crippen molar-refractivity contribution in [3.63, 3.8) is 0 Å². The Hall–Kier alpha value is -2.38. The van der Waals surface area contributed by atoms with Crippen LogP contribution in [0.3, 0.4) is 0 Å². The number of benzene rings is 1. The molecule has 0 aliphatic rings. The van der Waals surface area contributed by atoms with E-state index in [4.69, 9.17) is 13.7 Å². The molecule has 0 saturated heterocycles. The lowest BCUT2D eigenvalue weighted by Gasteiger charge is -2.10. The average Bonchev–Trinajstić information content (AvgIpc) is 2.64. The first-order valence-corrected chi connectivity index (χ1v) is 8.49. The average molecular weight is 343 g/mol. The van der Waals surface area contributed by atoms with E-state index in [2.05, 4.69) is 15.2 Å². The lowest BCUT2D eigenvalue weighted by molar-refractivity contribution is 0.285. The Morgan fingerprint density at radius 3 is 2.25 bits per heavy atom. The zero-order valence-corrected chi connectivity index (χ0v) is 14.2. The van der Waals surface area contributed by atoms with E-state index in [0.29, 0.717) is 25.0 Å². The van der Waals surface area contributed by atoms with Crippen LogP contribution < -0.4 is 9.47 Å². The lowest BCUT2D eigenvalue weighted by Crippen LogP contribution is -2.04. The van der Waals surface area contributed by atoms with Crippen LogP contribution in [0.1, 0.15) is 11.4 Å². The molecule has 3 rings (SSSR count). The standard InChI is InChI=1S/C17H17N3O3S/c1-21-16-14-8-3-4-9-15(14)17(20-19-16)22-10-12-6-5-7-13(18-12)11-23-24-2/h3-9H,10-11H2,1-2H3. The van der Waals surface area contributed by atoms with Gasteiger partial charge in [-0.25, -0.2) is 0 Å². The third-order valence-electron chi connectivity index (χ3n) is 3.36. The molecule has 0 unspecified atom stereocenters. The van der Waals surface area contributed by atoms with Crippen LogP contribution in [0.25, 0.3) is 10.8 Å². The van der Waals surface area contributed by atoms with Crippen molar-refractivity contribution in [3.8, 4) is 11.8 Å². The van der Waals surface area contributed by atoms with Gasteiger partial charge in [-0.2, -0.15) is 0 Å². The summed E-state index contributed by atoms with van der Waals surface area (Å²) in [6.45, 7) is 0.762. The van der Waals surface area contributed by atoms with Gasteiger partial charge in [0.15, 0.2) is 0 Å². The van der Waals surface area contributed by atoms with Crippen LogP contribution in [0, 0.1) is 0 Å². The molecular weight excluding hydrogens is 326 g/mol. The summed E-state index contributed by atoms with van der Waals surface area (Å²) in [6, 6.07) is 13.5. The molecule has 124 valence electrons. The zero-order chi connectivity index (χ0) is 16.8. The SMILES string of the molecule is COc1nnc(OCc2cccc(COSC)n2)c2ccccc12. The normalized spacial score (nSPS) is 10.8. The highest BCUT2D eigenvalue weighted by Crippen LogP contribution is 2.28. The van der Waals surface area contributed by atoms with Gasteiger partial charge < -0.3 is 13.7 Å². The van der Waals surface area contributed by atoms with Gasteiger partial charge in [0.1, 0.15) is 13.2 Å². The second-order valence-corrected chi connectivity index (χ2v) is 5.47. The maximum atomic E-state index is 5.83. The number of methoxy groups -OCH3 is 1. The highest BCUT2D eigenvalue weighted by atomic mass is 32.2. The summed E-state index contributed by atoms with van der Waals surface area (Å²) in [5.41, 5.74) is 1.66. The minimum Gasteiger partial charge on any atom is -0.479 e. The van der Waals surface area contributed by atoms with Crippen molar-refractivity contribution < 1.29 is 13.7 Å². The fourth-order valence-electron chi connectivity index (χ4n) is 2.26. The van der Waals surface area contributed by atoms with Gasteiger partial charge in [0, 0.05) is 6.26 Å². The topological polar surface area (TPSA) is 66.4 Å². The molecule has 0 aliphatic heterocycles. The van der Waals surface area contributed by atoms with Crippen LogP contribution in [0.15, 0.2) is 42.5 Å². The van der Waals surface area contributed by atoms with Gasteiger partial charge >= 0.3 is 0 Å². The first-order valence-electron chi connectivity index (χ1n) is 7.34. The second-order valence-electron chi connectivity index (χ2n) is 4.90. The van der Waals surface area contributed by atoms with E-state index >= 15 is 0 Å². The van der Waals surface area contributed by atoms with Crippen molar-refractivity contribution in [2.24, 2.45) is 0 Å². The number of aromatic nitrogens is 3. The number of fused-ring (bicyclic) bond motifs is 1. The van der Waals surface area contributed by atoms with Gasteiger partial charge in [-0.3, -0.25) is 4.98 Å². The molecule has 0 radical (unpaired) electrons. The molecule has 0 N–H and O–H groups in total. The molecule has 6 nitrogen and oxygen atoms in total. The molecule has 24 heavy (non-hydrogen) atoms. The van der Waals surface area contributed by atoms with Crippen molar-refractivity contribution >= 4 is 22.8 Å². The van der Waals surface area contributed by atoms with Crippen LogP contribution in [-0.2, 0) is 17.4 Å². The molecule has 2 aromatic heterocycles. The second kappa shape index (κ2) is 7.94. The summed E-state index contributed by atoms with van der Waals surface area (Å²) in [5.74, 6) is 0.936. The van der Waals surface area contributed by atoms with Crippen LogP contribution in [0.2, 0.25) is 0 Å². The molecular formula is C17H17N3O3S. The molecule has 0 bridgehead atoms. The Bertz CT molecular complexity index is 829. The van der Waals surface area contributed by atoms with E-state index in [1.807, 2.05) is 48.7 Å². The molecule has 2 heterocycles. The Labute approximate surface area is 144 Å². The van der Waals surface area contributed by atoms with Crippen LogP contribution in [0.5, 0.6) is 11.8 Å². The summed E-state index contributed by atoms with van der Waals surface area (Å²) < 4.78 is 16.4. The summed E-state index contributed by atoms with van der Waals surface area (Å²) in [7, 11) is 1.57. The zero-order valence-electron chi connectivity index (χ0n) is 13.4. The molecule has 0 amide bonds. The third kappa shape index (κ3) is 3.74. The Morgan fingerprint density at radius 1 is 0.875 bits per heavy atom. The quantitative estimate of drug-likeness (QED) is 0.609.